The molecule has 0 aliphatic rings. The summed E-state index contributed by atoms with van der Waals surface area (Å²) in [4.78, 5) is 0. The van der Waals surface area contributed by atoms with E-state index < -0.39 is 0 Å². The third kappa shape index (κ3) is 3.36. The maximum atomic E-state index is 8.82. The van der Waals surface area contributed by atoms with Gasteiger partial charge in [-0.25, -0.2) is 0 Å². The van der Waals surface area contributed by atoms with Crippen LogP contribution in [-0.2, 0) is 6.42 Å². The van der Waals surface area contributed by atoms with E-state index in [2.05, 4.69) is 42.6 Å². The van der Waals surface area contributed by atoms with Gasteiger partial charge in [0, 0.05) is 12.2 Å². The fourth-order valence-electron chi connectivity index (χ4n) is 1.92. The van der Waals surface area contributed by atoms with Crippen LogP contribution in [0.3, 0.4) is 0 Å². The van der Waals surface area contributed by atoms with Crippen LogP contribution in [0.5, 0.6) is 0 Å². The van der Waals surface area contributed by atoms with Crippen LogP contribution in [0.15, 0.2) is 48.5 Å². The summed E-state index contributed by atoms with van der Waals surface area (Å²) in [6, 6.07) is 18.2. The third-order valence-electron chi connectivity index (χ3n) is 2.82. The van der Waals surface area contributed by atoms with Gasteiger partial charge in [-0.3, -0.25) is 0 Å². The van der Waals surface area contributed by atoms with Crippen molar-refractivity contribution in [2.24, 2.45) is 0 Å². The van der Waals surface area contributed by atoms with Gasteiger partial charge in [0.05, 0.1) is 11.6 Å². The van der Waals surface area contributed by atoms with Gasteiger partial charge in [-0.1, -0.05) is 35.9 Å². The lowest BCUT2D eigenvalue weighted by Gasteiger charge is -2.07. The molecule has 2 heteroatoms. The topological polar surface area (TPSA) is 35.8 Å². The van der Waals surface area contributed by atoms with Crippen LogP contribution in [0.2, 0.25) is 0 Å². The second-order valence-corrected chi connectivity index (χ2v) is 4.36. The monoisotopic (exact) mass is 236 g/mol. The van der Waals surface area contributed by atoms with Crippen LogP contribution in [0, 0.1) is 18.3 Å². The maximum Gasteiger partial charge on any atom is 0.0992 e. The molecule has 0 saturated heterocycles. The lowest BCUT2D eigenvalue weighted by molar-refractivity contribution is 1.02. The third-order valence-corrected chi connectivity index (χ3v) is 2.82. The van der Waals surface area contributed by atoms with Crippen molar-refractivity contribution in [3.8, 4) is 6.07 Å². The molecule has 18 heavy (non-hydrogen) atoms. The van der Waals surface area contributed by atoms with E-state index in [1.165, 1.54) is 11.1 Å². The summed E-state index contributed by atoms with van der Waals surface area (Å²) in [5, 5.41) is 12.2. The Hall–Kier alpha value is -2.27. The van der Waals surface area contributed by atoms with Gasteiger partial charge in [0.1, 0.15) is 0 Å². The van der Waals surface area contributed by atoms with Crippen molar-refractivity contribution in [2.75, 3.05) is 11.9 Å². The molecule has 0 aliphatic heterocycles. The lowest BCUT2D eigenvalue weighted by atomic mass is 10.1. The Kier molecular flexibility index (Phi) is 3.98. The quantitative estimate of drug-likeness (QED) is 0.881. The Morgan fingerprint density at radius 3 is 2.72 bits per heavy atom. The molecule has 0 unspecified atom stereocenters. The van der Waals surface area contributed by atoms with Crippen LogP contribution in [0.25, 0.3) is 0 Å². The van der Waals surface area contributed by atoms with Crippen molar-refractivity contribution in [2.45, 2.75) is 13.3 Å². The molecule has 2 aromatic rings. The number of aryl methyl sites for hydroxylation is 1. The summed E-state index contributed by atoms with van der Waals surface area (Å²) in [5.74, 6) is 0. The van der Waals surface area contributed by atoms with Crippen LogP contribution in [-0.4, -0.2) is 6.54 Å². The molecule has 0 aliphatic carbocycles. The highest BCUT2D eigenvalue weighted by atomic mass is 14.9. The number of nitrogens with one attached hydrogen (secondary N) is 1. The molecule has 0 spiro atoms. The average molecular weight is 236 g/mol. The van der Waals surface area contributed by atoms with E-state index in [1.54, 1.807) is 0 Å². The maximum absolute atomic E-state index is 8.82. The van der Waals surface area contributed by atoms with Gasteiger partial charge >= 0.3 is 0 Å². The van der Waals surface area contributed by atoms with Gasteiger partial charge in [-0.15, -0.1) is 0 Å². The van der Waals surface area contributed by atoms with Crippen LogP contribution >= 0.6 is 0 Å². The van der Waals surface area contributed by atoms with Gasteiger partial charge < -0.3 is 5.32 Å². The van der Waals surface area contributed by atoms with E-state index in [0.29, 0.717) is 5.56 Å². The molecule has 0 radical (unpaired) electrons. The predicted octanol–water partition coefficient (Wildman–Crippen LogP) is 3.52. The van der Waals surface area contributed by atoms with Crippen molar-refractivity contribution in [1.82, 2.24) is 0 Å². The summed E-state index contributed by atoms with van der Waals surface area (Å²) in [7, 11) is 0. The molecule has 0 amide bonds. The fraction of sp³-hybridized carbons (Fsp3) is 0.188. The zero-order valence-electron chi connectivity index (χ0n) is 10.5. The first-order valence-corrected chi connectivity index (χ1v) is 6.07. The van der Waals surface area contributed by atoms with E-state index in [4.69, 9.17) is 5.26 Å². The Bertz CT molecular complexity index is 567. The highest BCUT2D eigenvalue weighted by molar-refractivity contribution is 5.49. The number of benzene rings is 2. The van der Waals surface area contributed by atoms with Crippen LogP contribution < -0.4 is 5.32 Å². The van der Waals surface area contributed by atoms with Gasteiger partial charge in [0.2, 0.25) is 0 Å². The summed E-state index contributed by atoms with van der Waals surface area (Å²) in [6.07, 6.45) is 0.985. The molecule has 2 aromatic carbocycles. The highest BCUT2D eigenvalue weighted by Gasteiger charge is 1.96. The van der Waals surface area contributed by atoms with E-state index in [9.17, 15) is 0 Å². The minimum absolute atomic E-state index is 0.690. The molecular formula is C16H16N2. The molecule has 0 saturated carbocycles. The molecule has 0 aromatic heterocycles. The second kappa shape index (κ2) is 5.88. The molecule has 2 nitrogen and oxygen atoms in total. The first kappa shape index (κ1) is 12.2. The largest absolute Gasteiger partial charge is 0.385 e. The fourth-order valence-corrected chi connectivity index (χ4v) is 1.92. The van der Waals surface area contributed by atoms with Gasteiger partial charge in [0.15, 0.2) is 0 Å². The Balaban J connectivity index is 1.90. The summed E-state index contributed by atoms with van der Waals surface area (Å²) in [6.45, 7) is 2.98. The van der Waals surface area contributed by atoms with E-state index in [-0.39, 0.29) is 0 Å². The van der Waals surface area contributed by atoms with Crippen LogP contribution in [0.1, 0.15) is 16.7 Å². The average Bonchev–Trinajstić information content (AvgIpc) is 2.39. The predicted molar refractivity (Wildman–Crippen MR) is 74.5 cm³/mol. The molecule has 1 N–H and O–H groups in total. The normalized spacial score (nSPS) is 9.78. The van der Waals surface area contributed by atoms with Gasteiger partial charge in [-0.2, -0.15) is 5.26 Å². The summed E-state index contributed by atoms with van der Waals surface area (Å²) in [5.41, 5.74) is 4.31. The number of anilines is 1. The second-order valence-electron chi connectivity index (χ2n) is 4.36. The number of rotatable bonds is 4. The number of hydrogen-bond acceptors (Lipinski definition) is 2. The smallest absolute Gasteiger partial charge is 0.0992 e. The zero-order chi connectivity index (χ0) is 12.8. The molecule has 2 rings (SSSR count). The number of nitriles is 1. The van der Waals surface area contributed by atoms with Crippen molar-refractivity contribution in [3.63, 3.8) is 0 Å². The SMILES string of the molecule is Cc1cccc(CCNc2cccc(C#N)c2)c1. The van der Waals surface area contributed by atoms with Gasteiger partial charge in [0.25, 0.3) is 0 Å². The standard InChI is InChI=1S/C16H16N2/c1-13-4-2-5-14(10-13)8-9-18-16-7-3-6-15(11-16)12-17/h2-7,10-11,18H,8-9H2,1H3. The first-order valence-electron chi connectivity index (χ1n) is 6.07. The highest BCUT2D eigenvalue weighted by Crippen LogP contribution is 2.10. The molecule has 0 atom stereocenters. The van der Waals surface area contributed by atoms with E-state index in [1.807, 2.05) is 24.3 Å². The Labute approximate surface area is 108 Å². The molecule has 0 fully saturated rings. The Morgan fingerprint density at radius 1 is 1.11 bits per heavy atom. The number of hydrogen-bond donors (Lipinski definition) is 1. The summed E-state index contributed by atoms with van der Waals surface area (Å²) >= 11 is 0. The minimum Gasteiger partial charge on any atom is -0.385 e. The van der Waals surface area contributed by atoms with Crippen LogP contribution in [0.4, 0.5) is 5.69 Å². The molecule has 0 heterocycles. The van der Waals surface area contributed by atoms with Crippen molar-refractivity contribution in [3.05, 3.63) is 65.2 Å². The zero-order valence-corrected chi connectivity index (χ0v) is 10.5. The van der Waals surface area contributed by atoms with Crippen molar-refractivity contribution in [1.29, 1.82) is 5.26 Å². The molecular weight excluding hydrogens is 220 g/mol. The number of nitrogens with zero attached hydrogens (tertiary/aromatic N) is 1. The Morgan fingerprint density at radius 2 is 1.94 bits per heavy atom. The van der Waals surface area contributed by atoms with Gasteiger partial charge in [-0.05, 0) is 37.1 Å². The van der Waals surface area contributed by atoms with Crippen molar-refractivity contribution < 1.29 is 0 Å². The molecule has 90 valence electrons. The minimum atomic E-state index is 0.690. The van der Waals surface area contributed by atoms with Crippen molar-refractivity contribution >= 4 is 5.69 Å². The summed E-state index contributed by atoms with van der Waals surface area (Å²) < 4.78 is 0. The van der Waals surface area contributed by atoms with E-state index in [0.717, 1.165) is 18.7 Å². The molecule has 0 bridgehead atoms. The first-order chi connectivity index (χ1) is 8.78. The lowest BCUT2D eigenvalue weighted by Crippen LogP contribution is -2.04. The van der Waals surface area contributed by atoms with E-state index >= 15 is 0 Å².